The van der Waals surface area contributed by atoms with Crippen molar-refractivity contribution in [2.75, 3.05) is 24.5 Å². The monoisotopic (exact) mass is 256 g/mol. The zero-order valence-corrected chi connectivity index (χ0v) is 10.8. The molecule has 6 nitrogen and oxygen atoms in total. The SMILES string of the molecule is CC1CN(c2cnc(-c3ncccn3)cn2)CCN1. The minimum absolute atomic E-state index is 0.479. The molecular formula is C13H16N6. The third-order valence-electron chi connectivity index (χ3n) is 3.13. The van der Waals surface area contributed by atoms with Crippen molar-refractivity contribution in [2.24, 2.45) is 0 Å². The normalized spacial score (nSPS) is 19.4. The molecule has 1 fully saturated rings. The lowest BCUT2D eigenvalue weighted by atomic mass is 10.2. The van der Waals surface area contributed by atoms with Gasteiger partial charge in [-0.1, -0.05) is 0 Å². The van der Waals surface area contributed by atoms with Gasteiger partial charge in [-0.3, -0.25) is 0 Å². The molecule has 0 spiro atoms. The summed E-state index contributed by atoms with van der Waals surface area (Å²) in [7, 11) is 0. The van der Waals surface area contributed by atoms with Crippen LogP contribution in [0.1, 0.15) is 6.92 Å². The fraction of sp³-hybridized carbons (Fsp3) is 0.385. The van der Waals surface area contributed by atoms with Gasteiger partial charge < -0.3 is 10.2 Å². The second kappa shape index (κ2) is 5.27. The van der Waals surface area contributed by atoms with Crippen molar-refractivity contribution >= 4 is 5.82 Å². The first-order chi connectivity index (χ1) is 9.33. The van der Waals surface area contributed by atoms with Crippen LogP contribution in [0.15, 0.2) is 30.9 Å². The first-order valence-electron chi connectivity index (χ1n) is 6.41. The summed E-state index contributed by atoms with van der Waals surface area (Å²) < 4.78 is 0. The maximum atomic E-state index is 4.47. The lowest BCUT2D eigenvalue weighted by molar-refractivity contribution is 0.482. The maximum absolute atomic E-state index is 4.47. The summed E-state index contributed by atoms with van der Waals surface area (Å²) in [5.74, 6) is 1.52. The zero-order valence-electron chi connectivity index (χ0n) is 10.8. The van der Waals surface area contributed by atoms with Crippen LogP contribution < -0.4 is 10.2 Å². The second-order valence-corrected chi connectivity index (χ2v) is 4.63. The zero-order chi connectivity index (χ0) is 13.1. The van der Waals surface area contributed by atoms with E-state index < -0.39 is 0 Å². The molecule has 1 aliphatic rings. The van der Waals surface area contributed by atoms with Crippen molar-refractivity contribution in [1.82, 2.24) is 25.3 Å². The predicted molar refractivity (Wildman–Crippen MR) is 72.7 cm³/mol. The summed E-state index contributed by atoms with van der Waals surface area (Å²) >= 11 is 0. The Morgan fingerprint density at radius 3 is 2.68 bits per heavy atom. The highest BCUT2D eigenvalue weighted by molar-refractivity contribution is 5.49. The van der Waals surface area contributed by atoms with Gasteiger partial charge in [0.1, 0.15) is 11.5 Å². The van der Waals surface area contributed by atoms with Gasteiger partial charge in [0.25, 0.3) is 0 Å². The van der Waals surface area contributed by atoms with E-state index >= 15 is 0 Å². The summed E-state index contributed by atoms with van der Waals surface area (Å²) in [6.45, 7) is 5.06. The van der Waals surface area contributed by atoms with Crippen molar-refractivity contribution in [2.45, 2.75) is 13.0 Å². The van der Waals surface area contributed by atoms with Crippen molar-refractivity contribution in [1.29, 1.82) is 0 Å². The highest BCUT2D eigenvalue weighted by atomic mass is 15.2. The Kier molecular flexibility index (Phi) is 3.33. The Morgan fingerprint density at radius 2 is 2.00 bits per heavy atom. The molecule has 3 heterocycles. The Bertz CT molecular complexity index is 527. The topological polar surface area (TPSA) is 66.8 Å². The van der Waals surface area contributed by atoms with Crippen molar-refractivity contribution in [3.8, 4) is 11.5 Å². The maximum Gasteiger partial charge on any atom is 0.179 e. The molecule has 1 unspecified atom stereocenters. The van der Waals surface area contributed by atoms with Gasteiger partial charge in [0, 0.05) is 38.1 Å². The molecule has 1 N–H and O–H groups in total. The van der Waals surface area contributed by atoms with Gasteiger partial charge in [0.2, 0.25) is 0 Å². The number of hydrogen-bond donors (Lipinski definition) is 1. The van der Waals surface area contributed by atoms with E-state index in [2.05, 4.69) is 37.1 Å². The Morgan fingerprint density at radius 1 is 1.16 bits per heavy atom. The van der Waals surface area contributed by atoms with Gasteiger partial charge in [0.05, 0.1) is 12.4 Å². The molecule has 2 aromatic heterocycles. The minimum atomic E-state index is 0.479. The molecule has 1 atom stereocenters. The number of nitrogens with zero attached hydrogens (tertiary/aromatic N) is 5. The Balaban J connectivity index is 1.79. The lowest BCUT2D eigenvalue weighted by Gasteiger charge is -2.32. The average molecular weight is 256 g/mol. The van der Waals surface area contributed by atoms with E-state index in [1.54, 1.807) is 30.9 Å². The summed E-state index contributed by atoms with van der Waals surface area (Å²) in [5, 5.41) is 3.41. The first kappa shape index (κ1) is 12.0. The number of anilines is 1. The molecule has 19 heavy (non-hydrogen) atoms. The van der Waals surface area contributed by atoms with Crippen LogP contribution in [0, 0.1) is 0 Å². The van der Waals surface area contributed by atoms with Crippen molar-refractivity contribution < 1.29 is 0 Å². The van der Waals surface area contributed by atoms with E-state index in [0.29, 0.717) is 17.6 Å². The Hall–Kier alpha value is -2.08. The van der Waals surface area contributed by atoms with Crippen LogP contribution in [0.2, 0.25) is 0 Å². The van der Waals surface area contributed by atoms with Crippen LogP contribution in [0.3, 0.4) is 0 Å². The number of hydrogen-bond acceptors (Lipinski definition) is 6. The van der Waals surface area contributed by atoms with Crippen LogP contribution in [-0.2, 0) is 0 Å². The molecular weight excluding hydrogens is 240 g/mol. The highest BCUT2D eigenvalue weighted by Crippen LogP contribution is 2.15. The van der Waals surface area contributed by atoms with E-state index in [4.69, 9.17) is 0 Å². The molecule has 98 valence electrons. The smallest absolute Gasteiger partial charge is 0.179 e. The first-order valence-corrected chi connectivity index (χ1v) is 6.41. The molecule has 2 aromatic rings. The highest BCUT2D eigenvalue weighted by Gasteiger charge is 2.17. The summed E-state index contributed by atoms with van der Waals surface area (Å²) in [5.41, 5.74) is 0.701. The summed E-state index contributed by atoms with van der Waals surface area (Å²) in [4.78, 5) is 19.4. The summed E-state index contributed by atoms with van der Waals surface area (Å²) in [6.07, 6.45) is 6.94. The molecule has 0 bridgehead atoms. The fourth-order valence-electron chi connectivity index (χ4n) is 2.17. The van der Waals surface area contributed by atoms with Gasteiger partial charge in [-0.15, -0.1) is 0 Å². The second-order valence-electron chi connectivity index (χ2n) is 4.63. The molecule has 0 aromatic carbocycles. The average Bonchev–Trinajstić information content (AvgIpc) is 2.48. The molecule has 1 aliphatic heterocycles. The van der Waals surface area contributed by atoms with Gasteiger partial charge in [-0.05, 0) is 13.0 Å². The van der Waals surface area contributed by atoms with Gasteiger partial charge in [0.15, 0.2) is 5.82 Å². The largest absolute Gasteiger partial charge is 0.353 e. The van der Waals surface area contributed by atoms with E-state index in [1.807, 2.05) is 0 Å². The van der Waals surface area contributed by atoms with Gasteiger partial charge >= 0.3 is 0 Å². The third-order valence-corrected chi connectivity index (χ3v) is 3.13. The molecule has 0 amide bonds. The summed E-state index contributed by atoms with van der Waals surface area (Å²) in [6, 6.07) is 2.26. The molecule has 0 saturated carbocycles. The lowest BCUT2D eigenvalue weighted by Crippen LogP contribution is -2.49. The van der Waals surface area contributed by atoms with E-state index in [1.165, 1.54) is 0 Å². The standard InChI is InChI=1S/C13H16N6/c1-10-9-19(6-5-14-10)12-8-17-11(7-18-12)13-15-3-2-4-16-13/h2-4,7-8,10,14H,5-6,9H2,1H3. The molecule has 6 heteroatoms. The molecule has 1 saturated heterocycles. The van der Waals surface area contributed by atoms with Crippen LogP contribution in [0.5, 0.6) is 0 Å². The van der Waals surface area contributed by atoms with Crippen molar-refractivity contribution in [3.05, 3.63) is 30.9 Å². The molecule has 3 rings (SSSR count). The van der Waals surface area contributed by atoms with E-state index in [-0.39, 0.29) is 0 Å². The molecule has 0 radical (unpaired) electrons. The number of piperazine rings is 1. The van der Waals surface area contributed by atoms with Crippen LogP contribution in [0.4, 0.5) is 5.82 Å². The van der Waals surface area contributed by atoms with E-state index in [9.17, 15) is 0 Å². The molecule has 0 aliphatic carbocycles. The predicted octanol–water partition coefficient (Wildman–Crippen LogP) is 0.732. The van der Waals surface area contributed by atoms with Crippen LogP contribution >= 0.6 is 0 Å². The van der Waals surface area contributed by atoms with E-state index in [0.717, 1.165) is 25.5 Å². The van der Waals surface area contributed by atoms with Gasteiger partial charge in [-0.25, -0.2) is 19.9 Å². The van der Waals surface area contributed by atoms with Crippen LogP contribution in [-0.4, -0.2) is 45.6 Å². The van der Waals surface area contributed by atoms with Crippen LogP contribution in [0.25, 0.3) is 11.5 Å². The minimum Gasteiger partial charge on any atom is -0.353 e. The van der Waals surface area contributed by atoms with Gasteiger partial charge in [-0.2, -0.15) is 0 Å². The fourth-order valence-corrected chi connectivity index (χ4v) is 2.17. The Labute approximate surface area is 111 Å². The number of aromatic nitrogens is 4. The third kappa shape index (κ3) is 2.68. The quantitative estimate of drug-likeness (QED) is 0.854. The number of rotatable bonds is 2. The van der Waals surface area contributed by atoms with Crippen molar-refractivity contribution in [3.63, 3.8) is 0 Å². The number of nitrogens with one attached hydrogen (secondary N) is 1.